The van der Waals surface area contributed by atoms with Gasteiger partial charge in [0, 0.05) is 22.2 Å². The number of thioether (sulfide) groups is 1. The summed E-state index contributed by atoms with van der Waals surface area (Å²) >= 11 is 3.98. The number of nitrogens with zero attached hydrogens (tertiary/aromatic N) is 2. The van der Waals surface area contributed by atoms with Crippen LogP contribution in [0.15, 0.2) is 32.5 Å². The van der Waals surface area contributed by atoms with Gasteiger partial charge in [-0.2, -0.15) is 0 Å². The first kappa shape index (κ1) is 19.6. The van der Waals surface area contributed by atoms with E-state index in [0.29, 0.717) is 28.1 Å². The summed E-state index contributed by atoms with van der Waals surface area (Å²) in [5.74, 6) is -0.0860. The second kappa shape index (κ2) is 9.16. The molecule has 3 aromatic rings. The Kier molecular flexibility index (Phi) is 6.64. The molecule has 3 aromatic heterocycles. The summed E-state index contributed by atoms with van der Waals surface area (Å²) in [6.45, 7) is 3.92. The van der Waals surface area contributed by atoms with Crippen molar-refractivity contribution in [1.29, 1.82) is 0 Å². The molecule has 0 saturated carbocycles. The van der Waals surface area contributed by atoms with Gasteiger partial charge in [-0.3, -0.25) is 4.79 Å². The van der Waals surface area contributed by atoms with Crippen LogP contribution in [0.25, 0.3) is 10.4 Å². The molecule has 3 rings (SSSR count). The van der Waals surface area contributed by atoms with E-state index in [1.807, 2.05) is 29.8 Å². The van der Waals surface area contributed by atoms with E-state index in [4.69, 9.17) is 9.15 Å². The number of amides is 1. The van der Waals surface area contributed by atoms with Crippen LogP contribution in [-0.2, 0) is 16.0 Å². The maximum Gasteiger partial charge on any atom is 0.341 e. The minimum absolute atomic E-state index is 0.0971. The van der Waals surface area contributed by atoms with E-state index in [1.54, 1.807) is 6.92 Å². The van der Waals surface area contributed by atoms with Crippen LogP contribution in [0.5, 0.6) is 0 Å². The minimum Gasteiger partial charge on any atom is -0.462 e. The maximum absolute atomic E-state index is 12.4. The summed E-state index contributed by atoms with van der Waals surface area (Å²) in [6, 6.07) is 3.84. The summed E-state index contributed by atoms with van der Waals surface area (Å²) in [5, 5.41) is 15.1. The Bertz CT molecular complexity index is 918. The zero-order valence-electron chi connectivity index (χ0n) is 14.7. The van der Waals surface area contributed by atoms with Crippen molar-refractivity contribution >= 4 is 51.3 Å². The summed E-state index contributed by atoms with van der Waals surface area (Å²) in [5.41, 5.74) is 1.15. The lowest BCUT2D eigenvalue weighted by Gasteiger charge is -2.07. The third kappa shape index (κ3) is 4.76. The van der Waals surface area contributed by atoms with Gasteiger partial charge < -0.3 is 14.5 Å². The van der Waals surface area contributed by atoms with E-state index in [-0.39, 0.29) is 18.3 Å². The summed E-state index contributed by atoms with van der Waals surface area (Å²) in [4.78, 5) is 25.7. The number of hydrogen-bond donors (Lipinski definition) is 1. The van der Waals surface area contributed by atoms with Gasteiger partial charge in [-0.1, -0.05) is 24.8 Å². The second-order valence-corrected chi connectivity index (χ2v) is 7.96. The van der Waals surface area contributed by atoms with Crippen LogP contribution in [0, 0.1) is 0 Å². The Hall–Kier alpha value is -2.17. The molecule has 0 atom stereocenters. The molecule has 0 radical (unpaired) electrons. The lowest BCUT2D eigenvalue weighted by molar-refractivity contribution is -0.113. The molecule has 0 spiro atoms. The smallest absolute Gasteiger partial charge is 0.341 e. The van der Waals surface area contributed by atoms with Gasteiger partial charge in [-0.25, -0.2) is 4.79 Å². The van der Waals surface area contributed by atoms with Crippen LogP contribution >= 0.6 is 34.4 Å². The molecule has 1 amide bonds. The number of hydrogen-bond acceptors (Lipinski definition) is 9. The van der Waals surface area contributed by atoms with Crippen LogP contribution in [0.3, 0.4) is 0 Å². The van der Waals surface area contributed by atoms with E-state index in [2.05, 4.69) is 15.5 Å². The number of thiophene rings is 2. The van der Waals surface area contributed by atoms with Crippen molar-refractivity contribution in [3.8, 4) is 10.4 Å². The number of carbonyl (C=O) groups excluding carboxylic acids is 2. The zero-order valence-corrected chi connectivity index (χ0v) is 17.1. The van der Waals surface area contributed by atoms with Crippen molar-refractivity contribution in [2.45, 2.75) is 25.5 Å². The molecule has 0 aliphatic carbocycles. The van der Waals surface area contributed by atoms with Crippen molar-refractivity contribution in [2.24, 2.45) is 0 Å². The number of carbonyl (C=O) groups is 2. The first-order valence-electron chi connectivity index (χ1n) is 8.19. The number of nitrogens with one attached hydrogen (secondary N) is 1. The Balaban J connectivity index is 1.73. The van der Waals surface area contributed by atoms with E-state index in [0.717, 1.165) is 22.2 Å². The highest BCUT2D eigenvalue weighted by Gasteiger charge is 2.23. The van der Waals surface area contributed by atoms with Crippen molar-refractivity contribution in [3.63, 3.8) is 0 Å². The molecule has 0 fully saturated rings. The van der Waals surface area contributed by atoms with Crippen LogP contribution in [0.1, 0.15) is 30.1 Å². The van der Waals surface area contributed by atoms with E-state index in [9.17, 15) is 9.59 Å². The number of aryl methyl sites for hydroxylation is 1. The molecule has 0 aliphatic rings. The summed E-state index contributed by atoms with van der Waals surface area (Å²) in [6.07, 6.45) is 0.642. The highest BCUT2D eigenvalue weighted by Crippen LogP contribution is 2.38. The standard InChI is InChI=1S/C17H17N3O4S3/c1-3-13-19-20-17(24-13)27-9-12(21)18-15-14(16(22)23-4-2)10(8-26-15)11-6-5-7-25-11/h5-8H,3-4,9H2,1-2H3,(H,18,21). The first-order chi connectivity index (χ1) is 13.1. The molecule has 3 heterocycles. The van der Waals surface area contributed by atoms with Gasteiger partial charge in [-0.15, -0.1) is 32.9 Å². The summed E-state index contributed by atoms with van der Waals surface area (Å²) < 4.78 is 10.5. The molecule has 7 nitrogen and oxygen atoms in total. The third-order valence-corrected chi connectivity index (χ3v) is 6.00. The fraction of sp³-hybridized carbons (Fsp3) is 0.294. The second-order valence-electron chi connectivity index (χ2n) is 5.20. The average molecular weight is 424 g/mol. The highest BCUT2D eigenvalue weighted by molar-refractivity contribution is 7.99. The van der Waals surface area contributed by atoms with Crippen LogP contribution < -0.4 is 5.32 Å². The molecule has 142 valence electrons. The number of ether oxygens (including phenoxy) is 1. The van der Waals surface area contributed by atoms with Crippen molar-refractivity contribution in [1.82, 2.24) is 10.2 Å². The molecule has 0 saturated heterocycles. The molecule has 10 heteroatoms. The van der Waals surface area contributed by atoms with E-state index < -0.39 is 5.97 Å². The predicted octanol–water partition coefficient (Wildman–Crippen LogP) is 4.33. The average Bonchev–Trinajstić information content (AvgIpc) is 3.40. The van der Waals surface area contributed by atoms with Gasteiger partial charge >= 0.3 is 5.97 Å². The number of aromatic nitrogens is 2. The number of anilines is 1. The minimum atomic E-state index is -0.449. The SMILES string of the molecule is CCOC(=O)c1c(-c2cccs2)csc1NC(=O)CSc1nnc(CC)o1. The molecular weight excluding hydrogens is 406 g/mol. The molecule has 0 bridgehead atoms. The zero-order chi connectivity index (χ0) is 19.2. The Morgan fingerprint density at radius 2 is 2.15 bits per heavy atom. The Morgan fingerprint density at radius 3 is 2.81 bits per heavy atom. The molecule has 1 N–H and O–H groups in total. The Labute approximate surface area is 168 Å². The van der Waals surface area contributed by atoms with E-state index >= 15 is 0 Å². The quantitative estimate of drug-likeness (QED) is 0.426. The third-order valence-electron chi connectivity index (χ3n) is 3.39. The predicted molar refractivity (Wildman–Crippen MR) is 107 cm³/mol. The fourth-order valence-corrected chi connectivity index (χ4v) is 4.57. The lowest BCUT2D eigenvalue weighted by Crippen LogP contribution is -2.16. The topological polar surface area (TPSA) is 94.3 Å². The maximum atomic E-state index is 12.4. The van der Waals surface area contributed by atoms with Crippen LogP contribution in [-0.4, -0.2) is 34.4 Å². The highest BCUT2D eigenvalue weighted by atomic mass is 32.2. The number of rotatable bonds is 8. The van der Waals surface area contributed by atoms with Crippen molar-refractivity contribution < 1.29 is 18.7 Å². The van der Waals surface area contributed by atoms with Gasteiger partial charge in [0.25, 0.3) is 5.22 Å². The van der Waals surface area contributed by atoms with E-state index in [1.165, 1.54) is 22.7 Å². The van der Waals surface area contributed by atoms with Crippen LogP contribution in [0.2, 0.25) is 0 Å². The van der Waals surface area contributed by atoms with Gasteiger partial charge in [0.2, 0.25) is 11.8 Å². The summed E-state index contributed by atoms with van der Waals surface area (Å²) in [7, 11) is 0. The van der Waals surface area contributed by atoms with Crippen molar-refractivity contribution in [3.05, 3.63) is 34.3 Å². The normalized spacial score (nSPS) is 10.7. The Morgan fingerprint density at radius 1 is 1.30 bits per heavy atom. The number of esters is 1. The monoisotopic (exact) mass is 423 g/mol. The molecule has 0 aromatic carbocycles. The van der Waals surface area contributed by atoms with Gasteiger partial charge in [0.1, 0.15) is 10.6 Å². The molecule has 0 aliphatic heterocycles. The first-order valence-corrected chi connectivity index (χ1v) is 10.9. The molecule has 0 unspecified atom stereocenters. The van der Waals surface area contributed by atoms with Crippen LogP contribution in [0.4, 0.5) is 5.00 Å². The fourth-order valence-electron chi connectivity index (χ4n) is 2.20. The lowest BCUT2D eigenvalue weighted by atomic mass is 10.1. The molecular formula is C17H17N3O4S3. The van der Waals surface area contributed by atoms with Gasteiger partial charge in [-0.05, 0) is 18.4 Å². The van der Waals surface area contributed by atoms with Crippen molar-refractivity contribution in [2.75, 3.05) is 17.7 Å². The largest absolute Gasteiger partial charge is 0.462 e. The molecule has 27 heavy (non-hydrogen) atoms. The van der Waals surface area contributed by atoms with Gasteiger partial charge in [0.05, 0.1) is 12.4 Å². The van der Waals surface area contributed by atoms with Gasteiger partial charge in [0.15, 0.2) is 0 Å².